The standard InChI is InChI=1S/C16H30O3/c1-5-13(11-17)7-6-9-16(4,19)14-8-10-15(3,18)12(14)2/h7,12,14,17-19H,5-6,8-11H2,1-4H3/b13-7+/t12-,14+,15+,16+/m0/s1. The number of rotatable bonds is 6. The van der Waals surface area contributed by atoms with E-state index in [2.05, 4.69) is 0 Å². The summed E-state index contributed by atoms with van der Waals surface area (Å²) < 4.78 is 0. The van der Waals surface area contributed by atoms with Crippen molar-refractivity contribution in [2.45, 2.75) is 71.0 Å². The second kappa shape index (κ2) is 6.38. The molecule has 0 aromatic heterocycles. The summed E-state index contributed by atoms with van der Waals surface area (Å²) in [7, 11) is 0. The average Bonchev–Trinajstić information content (AvgIpc) is 2.60. The fourth-order valence-electron chi connectivity index (χ4n) is 3.28. The Morgan fingerprint density at radius 1 is 1.47 bits per heavy atom. The van der Waals surface area contributed by atoms with Gasteiger partial charge in [-0.1, -0.05) is 19.9 Å². The molecule has 3 N–H and O–H groups in total. The summed E-state index contributed by atoms with van der Waals surface area (Å²) >= 11 is 0. The summed E-state index contributed by atoms with van der Waals surface area (Å²) in [6, 6.07) is 0. The molecule has 0 heterocycles. The smallest absolute Gasteiger partial charge is 0.0654 e. The second-order valence-corrected chi connectivity index (χ2v) is 6.56. The molecule has 0 bridgehead atoms. The van der Waals surface area contributed by atoms with Crippen LogP contribution in [0.25, 0.3) is 0 Å². The Labute approximate surface area is 117 Å². The van der Waals surface area contributed by atoms with Crippen LogP contribution in [0.2, 0.25) is 0 Å². The first-order valence-corrected chi connectivity index (χ1v) is 7.48. The van der Waals surface area contributed by atoms with E-state index < -0.39 is 11.2 Å². The van der Waals surface area contributed by atoms with Crippen LogP contribution in [0.5, 0.6) is 0 Å². The first-order valence-electron chi connectivity index (χ1n) is 7.48. The van der Waals surface area contributed by atoms with Crippen LogP contribution in [0.3, 0.4) is 0 Å². The molecule has 1 saturated carbocycles. The Morgan fingerprint density at radius 3 is 2.53 bits per heavy atom. The highest BCUT2D eigenvalue weighted by atomic mass is 16.3. The van der Waals surface area contributed by atoms with Crippen LogP contribution < -0.4 is 0 Å². The highest BCUT2D eigenvalue weighted by molar-refractivity contribution is 5.03. The summed E-state index contributed by atoms with van der Waals surface area (Å²) in [5, 5.41) is 30.0. The van der Waals surface area contributed by atoms with E-state index in [1.54, 1.807) is 0 Å². The Hall–Kier alpha value is -0.380. The van der Waals surface area contributed by atoms with Crippen molar-refractivity contribution >= 4 is 0 Å². The normalized spacial score (nSPS) is 35.4. The van der Waals surface area contributed by atoms with Crippen molar-refractivity contribution in [3.8, 4) is 0 Å². The lowest BCUT2D eigenvalue weighted by Crippen LogP contribution is -2.40. The summed E-state index contributed by atoms with van der Waals surface area (Å²) in [6.07, 6.45) is 6.00. The predicted octanol–water partition coefficient (Wildman–Crippen LogP) is 2.64. The van der Waals surface area contributed by atoms with Crippen LogP contribution in [-0.2, 0) is 0 Å². The van der Waals surface area contributed by atoms with Crippen LogP contribution in [0.15, 0.2) is 11.6 Å². The van der Waals surface area contributed by atoms with Gasteiger partial charge in [-0.3, -0.25) is 0 Å². The van der Waals surface area contributed by atoms with Gasteiger partial charge in [-0.25, -0.2) is 0 Å². The predicted molar refractivity (Wildman–Crippen MR) is 77.8 cm³/mol. The molecule has 112 valence electrons. The molecule has 0 unspecified atom stereocenters. The summed E-state index contributed by atoms with van der Waals surface area (Å²) in [5.74, 6) is 0.269. The van der Waals surface area contributed by atoms with Gasteiger partial charge >= 0.3 is 0 Å². The van der Waals surface area contributed by atoms with Gasteiger partial charge in [0.25, 0.3) is 0 Å². The maximum atomic E-state index is 10.7. The molecule has 0 saturated heterocycles. The quantitative estimate of drug-likeness (QED) is 0.650. The Bertz CT molecular complexity index is 312. The van der Waals surface area contributed by atoms with Gasteiger partial charge in [0.05, 0.1) is 17.8 Å². The molecular weight excluding hydrogens is 240 g/mol. The molecule has 19 heavy (non-hydrogen) atoms. The molecule has 1 rings (SSSR count). The largest absolute Gasteiger partial charge is 0.392 e. The van der Waals surface area contributed by atoms with Gasteiger partial charge in [0.2, 0.25) is 0 Å². The number of allylic oxidation sites excluding steroid dienone is 1. The fourth-order valence-corrected chi connectivity index (χ4v) is 3.28. The summed E-state index contributed by atoms with van der Waals surface area (Å²) in [4.78, 5) is 0. The van der Waals surface area contributed by atoms with Crippen molar-refractivity contribution in [1.82, 2.24) is 0 Å². The van der Waals surface area contributed by atoms with Crippen molar-refractivity contribution in [2.24, 2.45) is 11.8 Å². The first-order chi connectivity index (χ1) is 8.74. The lowest BCUT2D eigenvalue weighted by molar-refractivity contribution is -0.0541. The molecule has 0 radical (unpaired) electrons. The average molecular weight is 270 g/mol. The van der Waals surface area contributed by atoms with Gasteiger partial charge in [-0.05, 0) is 63.4 Å². The van der Waals surface area contributed by atoms with E-state index in [0.717, 1.165) is 31.3 Å². The number of hydrogen-bond acceptors (Lipinski definition) is 3. The zero-order valence-corrected chi connectivity index (χ0v) is 12.8. The first kappa shape index (κ1) is 16.7. The maximum Gasteiger partial charge on any atom is 0.0654 e. The zero-order chi connectivity index (χ0) is 14.7. The van der Waals surface area contributed by atoms with Crippen molar-refractivity contribution < 1.29 is 15.3 Å². The highest BCUT2D eigenvalue weighted by Crippen LogP contribution is 2.46. The molecule has 3 heteroatoms. The van der Waals surface area contributed by atoms with E-state index in [1.807, 2.05) is 33.8 Å². The maximum absolute atomic E-state index is 10.7. The van der Waals surface area contributed by atoms with Gasteiger partial charge < -0.3 is 15.3 Å². The Balaban J connectivity index is 2.60. The molecule has 4 atom stereocenters. The minimum atomic E-state index is -0.745. The molecule has 0 aromatic rings. The van der Waals surface area contributed by atoms with Crippen molar-refractivity contribution in [3.05, 3.63) is 11.6 Å². The summed E-state index contributed by atoms with van der Waals surface area (Å²) in [6.45, 7) is 7.92. The molecule has 3 nitrogen and oxygen atoms in total. The van der Waals surface area contributed by atoms with Gasteiger partial charge in [0.1, 0.15) is 0 Å². The van der Waals surface area contributed by atoms with Crippen LogP contribution >= 0.6 is 0 Å². The van der Waals surface area contributed by atoms with Gasteiger partial charge in [-0.2, -0.15) is 0 Å². The van der Waals surface area contributed by atoms with Gasteiger partial charge in [0, 0.05) is 0 Å². The zero-order valence-electron chi connectivity index (χ0n) is 12.8. The topological polar surface area (TPSA) is 60.7 Å². The molecule has 0 aliphatic heterocycles. The Kier molecular flexibility index (Phi) is 5.60. The fraction of sp³-hybridized carbons (Fsp3) is 0.875. The third-order valence-electron chi connectivity index (χ3n) is 5.09. The summed E-state index contributed by atoms with van der Waals surface area (Å²) in [5.41, 5.74) is -0.364. The van der Waals surface area contributed by atoms with Gasteiger partial charge in [-0.15, -0.1) is 0 Å². The van der Waals surface area contributed by atoms with E-state index >= 15 is 0 Å². The van der Waals surface area contributed by atoms with E-state index in [0.29, 0.717) is 6.42 Å². The minimum absolute atomic E-state index is 0.104. The second-order valence-electron chi connectivity index (χ2n) is 6.56. The van der Waals surface area contributed by atoms with E-state index in [4.69, 9.17) is 5.11 Å². The van der Waals surface area contributed by atoms with Crippen molar-refractivity contribution in [1.29, 1.82) is 0 Å². The van der Waals surface area contributed by atoms with Crippen LogP contribution in [0.4, 0.5) is 0 Å². The molecule has 0 spiro atoms. The van der Waals surface area contributed by atoms with E-state index in [9.17, 15) is 10.2 Å². The van der Waals surface area contributed by atoms with Crippen LogP contribution in [0, 0.1) is 11.8 Å². The minimum Gasteiger partial charge on any atom is -0.392 e. The lowest BCUT2D eigenvalue weighted by Gasteiger charge is -2.35. The monoisotopic (exact) mass is 270 g/mol. The van der Waals surface area contributed by atoms with Gasteiger partial charge in [0.15, 0.2) is 0 Å². The number of hydrogen-bond donors (Lipinski definition) is 3. The highest BCUT2D eigenvalue weighted by Gasteiger charge is 2.47. The van der Waals surface area contributed by atoms with Crippen molar-refractivity contribution in [3.63, 3.8) is 0 Å². The van der Waals surface area contributed by atoms with E-state index in [1.165, 1.54) is 0 Å². The molecule has 1 aliphatic rings. The molecule has 0 aromatic carbocycles. The number of aliphatic hydroxyl groups excluding tert-OH is 1. The number of aliphatic hydroxyl groups is 3. The molecule has 1 aliphatic carbocycles. The third kappa shape index (κ3) is 4.04. The lowest BCUT2D eigenvalue weighted by atomic mass is 9.76. The Morgan fingerprint density at radius 2 is 2.11 bits per heavy atom. The third-order valence-corrected chi connectivity index (χ3v) is 5.09. The van der Waals surface area contributed by atoms with Crippen molar-refractivity contribution in [2.75, 3.05) is 6.61 Å². The van der Waals surface area contributed by atoms with Crippen LogP contribution in [-0.4, -0.2) is 33.1 Å². The molecular formula is C16H30O3. The molecule has 1 fully saturated rings. The van der Waals surface area contributed by atoms with E-state index in [-0.39, 0.29) is 18.4 Å². The SMILES string of the molecule is CC/C(=C\CC[C@@](C)(O)[C@@H]1CC[C@@](C)(O)[C@H]1C)CO. The van der Waals surface area contributed by atoms with Crippen LogP contribution in [0.1, 0.15) is 59.8 Å². The molecule has 0 amide bonds.